The third-order valence-corrected chi connectivity index (χ3v) is 2.58. The van der Waals surface area contributed by atoms with Gasteiger partial charge in [-0.15, -0.1) is 0 Å². The van der Waals surface area contributed by atoms with Gasteiger partial charge in [0.2, 0.25) is 5.78 Å². The van der Waals surface area contributed by atoms with E-state index in [1.54, 1.807) is 30.3 Å². The Hall–Kier alpha value is -1.87. The zero-order valence-corrected chi connectivity index (χ0v) is 10.2. The molecule has 0 atom stereocenters. The van der Waals surface area contributed by atoms with E-state index in [-0.39, 0.29) is 12.2 Å². The molecule has 0 radical (unpaired) electrons. The number of rotatable bonds is 4. The third kappa shape index (κ3) is 3.08. The highest BCUT2D eigenvalue weighted by Crippen LogP contribution is 2.17. The molecule has 0 unspecified atom stereocenters. The molecule has 0 aliphatic rings. The number of Topliss-reactive ketones (excluding diaryl/α,β-unsaturated/α-hetero) is 1. The third-order valence-electron chi connectivity index (χ3n) is 2.34. The first-order valence-electron chi connectivity index (χ1n) is 5.33. The van der Waals surface area contributed by atoms with Gasteiger partial charge in [-0.25, -0.2) is 4.39 Å². The monoisotopic (exact) mass is 264 g/mol. The van der Waals surface area contributed by atoms with Gasteiger partial charge >= 0.3 is 0 Å². The molecule has 2 nitrogen and oxygen atoms in total. The molecular weight excluding hydrogens is 255 g/mol. The van der Waals surface area contributed by atoms with Crippen molar-refractivity contribution in [1.82, 2.24) is 0 Å². The quantitative estimate of drug-likeness (QED) is 0.787. The van der Waals surface area contributed by atoms with Crippen LogP contribution in [0.2, 0.25) is 5.02 Å². The van der Waals surface area contributed by atoms with Gasteiger partial charge in [-0.1, -0.05) is 29.8 Å². The van der Waals surface area contributed by atoms with Crippen molar-refractivity contribution < 1.29 is 13.9 Å². The van der Waals surface area contributed by atoms with Gasteiger partial charge in [0.15, 0.2) is 6.61 Å². The average Bonchev–Trinajstić information content (AvgIpc) is 2.37. The van der Waals surface area contributed by atoms with Crippen molar-refractivity contribution >= 4 is 17.4 Å². The van der Waals surface area contributed by atoms with Gasteiger partial charge in [0, 0.05) is 5.02 Å². The Morgan fingerprint density at radius 3 is 2.67 bits per heavy atom. The van der Waals surface area contributed by atoms with Gasteiger partial charge in [0.05, 0.1) is 5.56 Å². The standard InChI is InChI=1S/C14H10ClFO2/c15-10-4-3-5-11(8-10)18-9-14(17)12-6-1-2-7-13(12)16/h1-8H,9H2. The lowest BCUT2D eigenvalue weighted by molar-refractivity contribution is 0.0917. The second kappa shape index (κ2) is 5.65. The van der Waals surface area contributed by atoms with Gasteiger partial charge in [0.25, 0.3) is 0 Å². The lowest BCUT2D eigenvalue weighted by Crippen LogP contribution is -2.13. The Balaban J connectivity index is 2.03. The van der Waals surface area contributed by atoms with E-state index < -0.39 is 11.6 Å². The van der Waals surface area contributed by atoms with Crippen LogP contribution in [0.5, 0.6) is 5.75 Å². The number of ketones is 1. The predicted molar refractivity (Wildman–Crippen MR) is 67.7 cm³/mol. The topological polar surface area (TPSA) is 26.3 Å². The normalized spacial score (nSPS) is 10.1. The maximum atomic E-state index is 13.3. The molecule has 4 heteroatoms. The number of carbonyl (C=O) groups is 1. The van der Waals surface area contributed by atoms with Crippen LogP contribution in [0.25, 0.3) is 0 Å². The number of ether oxygens (including phenoxy) is 1. The molecule has 0 aliphatic carbocycles. The molecule has 0 saturated heterocycles. The minimum Gasteiger partial charge on any atom is -0.485 e. The molecule has 0 N–H and O–H groups in total. The Morgan fingerprint density at radius 1 is 1.17 bits per heavy atom. The van der Waals surface area contributed by atoms with Crippen molar-refractivity contribution in [2.24, 2.45) is 0 Å². The summed E-state index contributed by atoms with van der Waals surface area (Å²) >= 11 is 5.78. The maximum absolute atomic E-state index is 13.3. The first kappa shape index (κ1) is 12.6. The molecular formula is C14H10ClFO2. The molecule has 0 fully saturated rings. The molecule has 0 heterocycles. The van der Waals surface area contributed by atoms with Crippen LogP contribution in [-0.2, 0) is 0 Å². The molecule has 2 aromatic rings. The molecule has 92 valence electrons. The van der Waals surface area contributed by atoms with Crippen molar-refractivity contribution in [1.29, 1.82) is 0 Å². The van der Waals surface area contributed by atoms with Crippen LogP contribution >= 0.6 is 11.6 Å². The summed E-state index contributed by atoms with van der Waals surface area (Å²) < 4.78 is 18.6. The lowest BCUT2D eigenvalue weighted by atomic mass is 10.1. The van der Waals surface area contributed by atoms with Gasteiger partial charge < -0.3 is 4.74 Å². The van der Waals surface area contributed by atoms with Gasteiger partial charge in [-0.05, 0) is 30.3 Å². The molecule has 18 heavy (non-hydrogen) atoms. The number of benzene rings is 2. The summed E-state index contributed by atoms with van der Waals surface area (Å²) in [6.45, 7) is -0.221. The average molecular weight is 265 g/mol. The molecule has 0 aromatic heterocycles. The summed E-state index contributed by atoms with van der Waals surface area (Å²) in [6.07, 6.45) is 0. The van der Waals surface area contributed by atoms with Crippen LogP contribution in [0.1, 0.15) is 10.4 Å². The fourth-order valence-corrected chi connectivity index (χ4v) is 1.65. The van der Waals surface area contributed by atoms with Crippen LogP contribution in [0.15, 0.2) is 48.5 Å². The fourth-order valence-electron chi connectivity index (χ4n) is 1.47. The first-order chi connectivity index (χ1) is 8.66. The summed E-state index contributed by atoms with van der Waals surface area (Å²) in [5.41, 5.74) is 0.0273. The Kier molecular flexibility index (Phi) is 3.95. The Labute approximate surface area is 109 Å². The van der Waals surface area contributed by atoms with E-state index in [9.17, 15) is 9.18 Å². The lowest BCUT2D eigenvalue weighted by Gasteiger charge is -2.06. The number of hydrogen-bond acceptors (Lipinski definition) is 2. The van der Waals surface area contributed by atoms with E-state index in [2.05, 4.69) is 0 Å². The summed E-state index contributed by atoms with van der Waals surface area (Å²) in [5.74, 6) is -0.475. The Morgan fingerprint density at radius 2 is 1.94 bits per heavy atom. The summed E-state index contributed by atoms with van der Waals surface area (Å²) in [4.78, 5) is 11.7. The van der Waals surface area contributed by atoms with Crippen LogP contribution in [0.3, 0.4) is 0 Å². The largest absolute Gasteiger partial charge is 0.485 e. The first-order valence-corrected chi connectivity index (χ1v) is 5.71. The van der Waals surface area contributed by atoms with E-state index in [1.807, 2.05) is 0 Å². The minimum absolute atomic E-state index is 0.0273. The zero-order chi connectivity index (χ0) is 13.0. The highest BCUT2D eigenvalue weighted by molar-refractivity contribution is 6.30. The fraction of sp³-hybridized carbons (Fsp3) is 0.0714. The molecule has 0 aliphatic heterocycles. The molecule has 0 spiro atoms. The summed E-state index contributed by atoms with van der Waals surface area (Å²) in [7, 11) is 0. The van der Waals surface area contributed by atoms with Gasteiger partial charge in [0.1, 0.15) is 11.6 Å². The van der Waals surface area contributed by atoms with E-state index in [1.165, 1.54) is 18.2 Å². The predicted octanol–water partition coefficient (Wildman–Crippen LogP) is 3.74. The minimum atomic E-state index is -0.544. The Bertz CT molecular complexity index is 569. The summed E-state index contributed by atoms with van der Waals surface area (Å²) in [6, 6.07) is 12.5. The molecule has 2 aromatic carbocycles. The molecule has 2 rings (SSSR count). The zero-order valence-electron chi connectivity index (χ0n) is 9.40. The molecule has 0 bridgehead atoms. The van der Waals surface area contributed by atoms with E-state index in [0.717, 1.165) is 0 Å². The highest BCUT2D eigenvalue weighted by Gasteiger charge is 2.11. The second-order valence-corrected chi connectivity index (χ2v) is 4.09. The highest BCUT2D eigenvalue weighted by atomic mass is 35.5. The molecule has 0 amide bonds. The number of carbonyl (C=O) groups excluding carboxylic acids is 1. The van der Waals surface area contributed by atoms with Gasteiger partial charge in [-0.2, -0.15) is 0 Å². The van der Waals surface area contributed by atoms with Crippen molar-refractivity contribution in [2.45, 2.75) is 0 Å². The maximum Gasteiger partial charge on any atom is 0.203 e. The smallest absolute Gasteiger partial charge is 0.203 e. The van der Waals surface area contributed by atoms with Crippen molar-refractivity contribution in [2.75, 3.05) is 6.61 Å². The van der Waals surface area contributed by atoms with Crippen LogP contribution in [-0.4, -0.2) is 12.4 Å². The molecule has 0 saturated carbocycles. The van der Waals surface area contributed by atoms with Gasteiger partial charge in [-0.3, -0.25) is 4.79 Å². The van der Waals surface area contributed by atoms with Crippen LogP contribution in [0.4, 0.5) is 4.39 Å². The second-order valence-electron chi connectivity index (χ2n) is 3.65. The van der Waals surface area contributed by atoms with Crippen molar-refractivity contribution in [3.05, 3.63) is 64.9 Å². The van der Waals surface area contributed by atoms with Crippen LogP contribution in [0, 0.1) is 5.82 Å². The van der Waals surface area contributed by atoms with E-state index >= 15 is 0 Å². The van der Waals surface area contributed by atoms with Crippen molar-refractivity contribution in [3.63, 3.8) is 0 Å². The number of halogens is 2. The van der Waals surface area contributed by atoms with E-state index in [0.29, 0.717) is 10.8 Å². The van der Waals surface area contributed by atoms with Crippen molar-refractivity contribution in [3.8, 4) is 5.75 Å². The van der Waals surface area contributed by atoms with Crippen LogP contribution < -0.4 is 4.74 Å². The number of hydrogen-bond donors (Lipinski definition) is 0. The SMILES string of the molecule is O=C(COc1cccc(Cl)c1)c1ccccc1F. The van der Waals surface area contributed by atoms with E-state index in [4.69, 9.17) is 16.3 Å². The summed E-state index contributed by atoms with van der Waals surface area (Å²) in [5, 5.41) is 0.519.